The second-order valence-corrected chi connectivity index (χ2v) is 8.84. The van der Waals surface area contributed by atoms with Gasteiger partial charge in [-0.15, -0.1) is 12.4 Å². The third kappa shape index (κ3) is 4.49. The van der Waals surface area contributed by atoms with Crippen LogP contribution in [0.15, 0.2) is 24.4 Å². The van der Waals surface area contributed by atoms with Crippen molar-refractivity contribution in [1.29, 1.82) is 0 Å². The van der Waals surface area contributed by atoms with Gasteiger partial charge in [-0.25, -0.2) is 8.42 Å². The predicted molar refractivity (Wildman–Crippen MR) is 98.4 cm³/mol. The molecule has 0 atom stereocenters. The number of hydrogen-bond acceptors (Lipinski definition) is 3. The number of nitrogens with zero attached hydrogens (tertiary/aromatic N) is 1. The van der Waals surface area contributed by atoms with Gasteiger partial charge in [0.05, 0.1) is 5.75 Å². The van der Waals surface area contributed by atoms with Crippen LogP contribution in [0.2, 0.25) is 0 Å². The Morgan fingerprint density at radius 2 is 1.96 bits per heavy atom. The molecule has 1 fully saturated rings. The van der Waals surface area contributed by atoms with Crippen LogP contribution in [0.4, 0.5) is 0 Å². The van der Waals surface area contributed by atoms with Gasteiger partial charge in [0.25, 0.3) is 0 Å². The van der Waals surface area contributed by atoms with Crippen LogP contribution in [0.5, 0.6) is 0 Å². The number of rotatable bonds is 4. The summed E-state index contributed by atoms with van der Waals surface area (Å²) in [6.45, 7) is 2.29. The number of H-pyrrole nitrogens is 1. The molecular weight excluding hydrogens is 332 g/mol. The normalized spacial score (nSPS) is 17.3. The fraction of sp³-hybridized carbons (Fsp3) is 0.529. The van der Waals surface area contributed by atoms with E-state index in [-0.39, 0.29) is 18.2 Å². The van der Waals surface area contributed by atoms with Crippen molar-refractivity contribution in [3.8, 4) is 0 Å². The number of likely N-dealkylation sites (tertiary alicyclic amines) is 1. The van der Waals surface area contributed by atoms with Gasteiger partial charge in [-0.3, -0.25) is 0 Å². The van der Waals surface area contributed by atoms with Crippen molar-refractivity contribution in [2.45, 2.75) is 25.2 Å². The quantitative estimate of drug-likeness (QED) is 0.916. The summed E-state index contributed by atoms with van der Waals surface area (Å²) >= 11 is 0. The van der Waals surface area contributed by atoms with Crippen molar-refractivity contribution in [3.05, 3.63) is 35.5 Å². The van der Waals surface area contributed by atoms with E-state index in [1.165, 1.54) is 30.0 Å². The lowest BCUT2D eigenvalue weighted by molar-refractivity contribution is 0.256. The second-order valence-electron chi connectivity index (χ2n) is 6.58. The molecule has 0 radical (unpaired) electrons. The van der Waals surface area contributed by atoms with E-state index in [0.717, 1.165) is 24.2 Å². The van der Waals surface area contributed by atoms with E-state index in [1.54, 1.807) is 0 Å². The molecule has 0 amide bonds. The molecule has 1 N–H and O–H groups in total. The maximum Gasteiger partial charge on any atom is 0.147 e. The first-order valence-electron chi connectivity index (χ1n) is 7.88. The van der Waals surface area contributed by atoms with E-state index in [0.29, 0.717) is 12.3 Å². The van der Waals surface area contributed by atoms with E-state index >= 15 is 0 Å². The van der Waals surface area contributed by atoms with E-state index in [2.05, 4.69) is 35.3 Å². The molecule has 2 heterocycles. The molecule has 4 nitrogen and oxygen atoms in total. The lowest BCUT2D eigenvalue weighted by Gasteiger charge is -2.28. The van der Waals surface area contributed by atoms with Gasteiger partial charge >= 0.3 is 0 Å². The van der Waals surface area contributed by atoms with Gasteiger partial charge in [0, 0.05) is 23.4 Å². The molecule has 2 aromatic rings. The highest BCUT2D eigenvalue weighted by molar-refractivity contribution is 7.90. The number of hydrogen-bond donors (Lipinski definition) is 1. The Kier molecular flexibility index (Phi) is 5.76. The fourth-order valence-corrected chi connectivity index (χ4v) is 3.91. The van der Waals surface area contributed by atoms with E-state index < -0.39 is 9.84 Å². The molecule has 3 rings (SSSR count). The summed E-state index contributed by atoms with van der Waals surface area (Å²) in [4.78, 5) is 5.74. The molecule has 6 heteroatoms. The van der Waals surface area contributed by atoms with Crippen LogP contribution in [-0.4, -0.2) is 50.4 Å². The first-order valence-corrected chi connectivity index (χ1v) is 9.94. The number of nitrogens with one attached hydrogen (secondary N) is 1. The monoisotopic (exact) mass is 356 g/mol. The van der Waals surface area contributed by atoms with Crippen LogP contribution in [0.1, 0.15) is 29.9 Å². The molecule has 1 aliphatic heterocycles. The molecule has 0 bridgehead atoms. The lowest BCUT2D eigenvalue weighted by Crippen LogP contribution is -2.29. The lowest BCUT2D eigenvalue weighted by atomic mass is 9.89. The highest BCUT2D eigenvalue weighted by Crippen LogP contribution is 2.33. The summed E-state index contributed by atoms with van der Waals surface area (Å²) in [7, 11) is -0.737. The predicted octanol–water partition coefficient (Wildman–Crippen LogP) is 2.99. The minimum atomic E-state index is -2.91. The molecule has 1 aromatic heterocycles. The SMILES string of the molecule is CN1CCC(c2c[nH]c3ccc(CCS(C)(=O)=O)cc23)CC1.Cl. The summed E-state index contributed by atoms with van der Waals surface area (Å²) < 4.78 is 22.7. The smallest absolute Gasteiger partial charge is 0.147 e. The Bertz CT molecular complexity index is 762. The van der Waals surface area contributed by atoms with Gasteiger partial charge in [-0.2, -0.15) is 0 Å². The number of aromatic nitrogens is 1. The molecule has 1 saturated heterocycles. The van der Waals surface area contributed by atoms with Gasteiger partial charge in [-0.05, 0) is 68.6 Å². The van der Waals surface area contributed by atoms with Gasteiger partial charge in [-0.1, -0.05) is 6.07 Å². The van der Waals surface area contributed by atoms with Crippen LogP contribution >= 0.6 is 12.4 Å². The van der Waals surface area contributed by atoms with Crippen molar-refractivity contribution >= 4 is 33.1 Å². The van der Waals surface area contributed by atoms with Gasteiger partial charge in [0.15, 0.2) is 0 Å². The van der Waals surface area contributed by atoms with Gasteiger partial charge in [0.1, 0.15) is 9.84 Å². The Morgan fingerprint density at radius 1 is 1.26 bits per heavy atom. The number of fused-ring (bicyclic) bond motifs is 1. The standard InChI is InChI=1S/C17H24N2O2S.ClH/c1-19-8-5-14(6-9-19)16-12-18-17-4-3-13(11-15(16)17)7-10-22(2,20)21;/h3-4,11-12,14,18H,5-10H2,1-2H3;1H. The van der Waals surface area contributed by atoms with E-state index in [9.17, 15) is 8.42 Å². The zero-order valence-electron chi connectivity index (χ0n) is 13.7. The number of halogens is 1. The average molecular weight is 357 g/mol. The van der Waals surface area contributed by atoms with Gasteiger partial charge in [0.2, 0.25) is 0 Å². The molecular formula is C17H25ClN2O2S. The molecule has 0 unspecified atom stereocenters. The molecule has 0 saturated carbocycles. The van der Waals surface area contributed by atoms with Crippen molar-refractivity contribution in [2.24, 2.45) is 0 Å². The summed E-state index contributed by atoms with van der Waals surface area (Å²) in [6, 6.07) is 6.28. The zero-order valence-corrected chi connectivity index (χ0v) is 15.3. The first-order chi connectivity index (χ1) is 10.4. The summed E-state index contributed by atoms with van der Waals surface area (Å²) in [5, 5.41) is 1.26. The molecule has 128 valence electrons. The van der Waals surface area contributed by atoms with Crippen molar-refractivity contribution in [3.63, 3.8) is 0 Å². The number of benzene rings is 1. The largest absolute Gasteiger partial charge is 0.361 e. The zero-order chi connectivity index (χ0) is 15.7. The third-order valence-corrected chi connectivity index (χ3v) is 5.64. The molecule has 1 aromatic carbocycles. The third-order valence-electron chi connectivity index (χ3n) is 4.70. The average Bonchev–Trinajstić information content (AvgIpc) is 2.88. The Hall–Kier alpha value is -1.04. The summed E-state index contributed by atoms with van der Waals surface area (Å²) in [5.74, 6) is 0.821. The summed E-state index contributed by atoms with van der Waals surface area (Å²) in [5.41, 5.74) is 3.65. The number of aromatic amines is 1. The Labute approximate surface area is 144 Å². The summed E-state index contributed by atoms with van der Waals surface area (Å²) in [6.07, 6.45) is 6.41. The molecule has 1 aliphatic rings. The molecule has 23 heavy (non-hydrogen) atoms. The number of sulfone groups is 1. The maximum atomic E-state index is 11.4. The van der Waals surface area contributed by atoms with Crippen LogP contribution in [-0.2, 0) is 16.3 Å². The maximum absolute atomic E-state index is 11.4. The van der Waals surface area contributed by atoms with Crippen molar-refractivity contribution in [2.75, 3.05) is 32.1 Å². The van der Waals surface area contributed by atoms with Gasteiger partial charge < -0.3 is 9.88 Å². The number of aryl methyl sites for hydroxylation is 1. The van der Waals surface area contributed by atoms with Crippen LogP contribution in [0.25, 0.3) is 10.9 Å². The molecule has 0 spiro atoms. The van der Waals surface area contributed by atoms with Crippen molar-refractivity contribution in [1.82, 2.24) is 9.88 Å². The second kappa shape index (κ2) is 7.24. The highest BCUT2D eigenvalue weighted by Gasteiger charge is 2.21. The highest BCUT2D eigenvalue weighted by atomic mass is 35.5. The Balaban J connectivity index is 0.00000192. The topological polar surface area (TPSA) is 53.2 Å². The van der Waals surface area contributed by atoms with E-state index in [4.69, 9.17) is 0 Å². The van der Waals surface area contributed by atoms with Crippen LogP contribution in [0.3, 0.4) is 0 Å². The number of piperidine rings is 1. The molecule has 0 aliphatic carbocycles. The van der Waals surface area contributed by atoms with Crippen LogP contribution in [0, 0.1) is 0 Å². The Morgan fingerprint density at radius 3 is 2.61 bits per heavy atom. The minimum Gasteiger partial charge on any atom is -0.361 e. The van der Waals surface area contributed by atoms with E-state index in [1.807, 2.05) is 6.07 Å². The van der Waals surface area contributed by atoms with Crippen molar-refractivity contribution < 1.29 is 8.42 Å². The fourth-order valence-electron chi connectivity index (χ4n) is 3.31. The minimum absolute atomic E-state index is 0. The van der Waals surface area contributed by atoms with Crippen LogP contribution < -0.4 is 0 Å². The first kappa shape index (κ1) is 18.3.